The smallest absolute Gasteiger partial charge is 0.174 e. The number of rotatable bonds is 4. The SMILES string of the molecule is Cc1[nH]c(C)c([C@@H]2[C@@H](c3ccccn3)NC(=S)N2c2ccc(N3CCOCC3)cc2)c1I. The number of aromatic nitrogens is 2. The van der Waals surface area contributed by atoms with Crippen LogP contribution < -0.4 is 15.1 Å². The minimum atomic E-state index is -0.0370. The van der Waals surface area contributed by atoms with Crippen LogP contribution >= 0.6 is 34.8 Å². The summed E-state index contributed by atoms with van der Waals surface area (Å²) in [4.78, 5) is 12.8. The highest BCUT2D eigenvalue weighted by molar-refractivity contribution is 14.1. The number of morpholine rings is 1. The van der Waals surface area contributed by atoms with Gasteiger partial charge in [-0.2, -0.15) is 0 Å². The molecule has 2 aliphatic rings. The number of aromatic amines is 1. The summed E-state index contributed by atoms with van der Waals surface area (Å²) in [6.45, 7) is 7.67. The number of ether oxygens (including phenoxy) is 1. The first-order valence-electron chi connectivity index (χ1n) is 10.8. The lowest BCUT2D eigenvalue weighted by Crippen LogP contribution is -2.36. The van der Waals surface area contributed by atoms with Gasteiger partial charge in [0.2, 0.25) is 0 Å². The van der Waals surface area contributed by atoms with Gasteiger partial charge in [0.15, 0.2) is 5.11 Å². The van der Waals surface area contributed by atoms with Crippen molar-refractivity contribution in [3.05, 3.63) is 74.9 Å². The van der Waals surface area contributed by atoms with Crippen molar-refractivity contribution in [1.29, 1.82) is 0 Å². The van der Waals surface area contributed by atoms with Crippen LogP contribution in [-0.2, 0) is 4.74 Å². The highest BCUT2D eigenvalue weighted by Gasteiger charge is 2.43. The molecule has 0 bridgehead atoms. The number of hydrogen-bond acceptors (Lipinski definition) is 4. The van der Waals surface area contributed by atoms with Crippen molar-refractivity contribution in [3.63, 3.8) is 0 Å². The van der Waals surface area contributed by atoms with Gasteiger partial charge in [0.25, 0.3) is 0 Å². The van der Waals surface area contributed by atoms with Crippen LogP contribution in [0.2, 0.25) is 0 Å². The Labute approximate surface area is 207 Å². The second-order valence-corrected chi connectivity index (χ2v) is 9.68. The largest absolute Gasteiger partial charge is 0.378 e. The molecule has 1 aromatic carbocycles. The van der Waals surface area contributed by atoms with Crippen molar-refractivity contribution in [3.8, 4) is 0 Å². The van der Waals surface area contributed by atoms with E-state index in [0.717, 1.165) is 42.8 Å². The van der Waals surface area contributed by atoms with Crippen molar-refractivity contribution in [1.82, 2.24) is 15.3 Å². The molecule has 2 atom stereocenters. The Morgan fingerprint density at radius 2 is 1.75 bits per heavy atom. The number of nitrogens with one attached hydrogen (secondary N) is 2. The summed E-state index contributed by atoms with van der Waals surface area (Å²) in [6, 6.07) is 14.7. The van der Waals surface area contributed by atoms with E-state index in [0.29, 0.717) is 0 Å². The van der Waals surface area contributed by atoms with Crippen molar-refractivity contribution >= 4 is 51.3 Å². The Morgan fingerprint density at radius 1 is 1.03 bits per heavy atom. The molecule has 2 saturated heterocycles. The summed E-state index contributed by atoms with van der Waals surface area (Å²) in [7, 11) is 0. The van der Waals surface area contributed by atoms with Gasteiger partial charge in [-0.25, -0.2) is 0 Å². The maximum atomic E-state index is 5.88. The van der Waals surface area contributed by atoms with Gasteiger partial charge in [0.1, 0.15) is 0 Å². The normalized spacial score (nSPS) is 21.2. The summed E-state index contributed by atoms with van der Waals surface area (Å²) >= 11 is 8.32. The lowest BCUT2D eigenvalue weighted by atomic mass is 9.96. The van der Waals surface area contributed by atoms with Gasteiger partial charge in [-0.1, -0.05) is 6.07 Å². The predicted octanol–water partition coefficient (Wildman–Crippen LogP) is 4.64. The average molecular weight is 559 g/mol. The Balaban J connectivity index is 1.56. The maximum absolute atomic E-state index is 5.88. The fourth-order valence-corrected chi connectivity index (χ4v) is 5.90. The van der Waals surface area contributed by atoms with E-state index in [9.17, 15) is 0 Å². The third-order valence-corrected chi connectivity index (χ3v) is 7.95. The summed E-state index contributed by atoms with van der Waals surface area (Å²) in [6.07, 6.45) is 1.84. The lowest BCUT2D eigenvalue weighted by Gasteiger charge is -2.31. The molecule has 32 heavy (non-hydrogen) atoms. The molecule has 8 heteroatoms. The molecule has 0 radical (unpaired) electrons. The third kappa shape index (κ3) is 3.88. The average Bonchev–Trinajstić information content (AvgIpc) is 3.29. The van der Waals surface area contributed by atoms with Crippen LogP contribution in [0.25, 0.3) is 0 Å². The molecule has 6 nitrogen and oxygen atoms in total. The minimum Gasteiger partial charge on any atom is -0.378 e. The molecule has 2 fully saturated rings. The molecule has 0 aliphatic carbocycles. The molecule has 2 N–H and O–H groups in total. The Morgan fingerprint density at radius 3 is 2.38 bits per heavy atom. The molecule has 5 rings (SSSR count). The van der Waals surface area contributed by atoms with Crippen LogP contribution in [0.3, 0.4) is 0 Å². The van der Waals surface area contributed by atoms with Gasteiger partial charge >= 0.3 is 0 Å². The minimum absolute atomic E-state index is 0.00323. The zero-order chi connectivity index (χ0) is 22.2. The van der Waals surface area contributed by atoms with Gasteiger partial charge in [-0.05, 0) is 85.1 Å². The summed E-state index contributed by atoms with van der Waals surface area (Å²) < 4.78 is 6.74. The first-order valence-corrected chi connectivity index (χ1v) is 12.3. The van der Waals surface area contributed by atoms with Crippen LogP contribution in [0.5, 0.6) is 0 Å². The zero-order valence-electron chi connectivity index (χ0n) is 18.1. The first kappa shape index (κ1) is 21.7. The molecule has 0 amide bonds. The fraction of sp³-hybridized carbons (Fsp3) is 0.333. The molecule has 0 unspecified atom stereocenters. The van der Waals surface area contributed by atoms with Crippen molar-refractivity contribution in [2.45, 2.75) is 25.9 Å². The summed E-state index contributed by atoms with van der Waals surface area (Å²) in [5.74, 6) is 0. The molecular formula is C24H26IN5OS. The molecule has 166 valence electrons. The Kier molecular flexibility index (Phi) is 6.09. The van der Waals surface area contributed by atoms with Crippen LogP contribution in [0, 0.1) is 17.4 Å². The molecule has 0 spiro atoms. The number of thiocarbonyl (C=S) groups is 1. The van der Waals surface area contributed by atoms with E-state index in [2.05, 4.69) is 91.9 Å². The van der Waals surface area contributed by atoms with Crippen LogP contribution in [0.15, 0.2) is 48.7 Å². The fourth-order valence-electron chi connectivity index (χ4n) is 4.69. The van der Waals surface area contributed by atoms with Crippen molar-refractivity contribution < 1.29 is 4.74 Å². The van der Waals surface area contributed by atoms with E-state index in [4.69, 9.17) is 17.0 Å². The van der Waals surface area contributed by atoms with E-state index in [1.165, 1.54) is 26.2 Å². The van der Waals surface area contributed by atoms with Crippen molar-refractivity contribution in [2.24, 2.45) is 0 Å². The molecule has 3 aromatic rings. The van der Waals surface area contributed by atoms with Gasteiger partial charge in [0, 0.05) is 51.2 Å². The highest BCUT2D eigenvalue weighted by Crippen LogP contribution is 2.44. The monoisotopic (exact) mass is 559 g/mol. The van der Waals surface area contributed by atoms with Gasteiger partial charge < -0.3 is 24.8 Å². The van der Waals surface area contributed by atoms with E-state index in [-0.39, 0.29) is 12.1 Å². The van der Waals surface area contributed by atoms with E-state index in [1.54, 1.807) is 0 Å². The molecule has 0 saturated carbocycles. The predicted molar refractivity (Wildman–Crippen MR) is 140 cm³/mol. The third-order valence-electron chi connectivity index (χ3n) is 6.24. The summed E-state index contributed by atoms with van der Waals surface area (Å²) in [5.41, 5.74) is 6.90. The number of halogens is 1. The Hall–Kier alpha value is -2.17. The Bertz CT molecular complexity index is 1110. The topological polar surface area (TPSA) is 56.4 Å². The number of nitrogens with zero attached hydrogens (tertiary/aromatic N) is 3. The van der Waals surface area contributed by atoms with Crippen molar-refractivity contribution in [2.75, 3.05) is 36.1 Å². The number of benzene rings is 1. The van der Waals surface area contributed by atoms with Gasteiger partial charge in [-0.3, -0.25) is 4.98 Å². The summed E-state index contributed by atoms with van der Waals surface area (Å²) in [5, 5.41) is 4.28. The maximum Gasteiger partial charge on any atom is 0.174 e. The zero-order valence-corrected chi connectivity index (χ0v) is 21.1. The second-order valence-electron chi connectivity index (χ2n) is 8.22. The number of pyridine rings is 1. The molecule has 4 heterocycles. The van der Waals surface area contributed by atoms with Gasteiger partial charge in [0.05, 0.1) is 31.0 Å². The molecular weight excluding hydrogens is 533 g/mol. The quantitative estimate of drug-likeness (QED) is 0.359. The number of aryl methyl sites for hydroxylation is 2. The second kappa shape index (κ2) is 8.99. The number of anilines is 2. The first-order chi connectivity index (χ1) is 15.5. The van der Waals surface area contributed by atoms with Crippen LogP contribution in [-0.4, -0.2) is 41.4 Å². The lowest BCUT2D eigenvalue weighted by molar-refractivity contribution is 0.122. The molecule has 2 aliphatic heterocycles. The highest BCUT2D eigenvalue weighted by atomic mass is 127. The van der Waals surface area contributed by atoms with Gasteiger partial charge in [-0.15, -0.1) is 0 Å². The van der Waals surface area contributed by atoms with Crippen LogP contribution in [0.4, 0.5) is 11.4 Å². The van der Waals surface area contributed by atoms with Crippen LogP contribution in [0.1, 0.15) is 34.7 Å². The van der Waals surface area contributed by atoms with E-state index in [1.807, 2.05) is 18.3 Å². The van der Waals surface area contributed by atoms with E-state index >= 15 is 0 Å². The molecule has 2 aromatic heterocycles. The standard InChI is InChI=1S/C24H26IN5OS/c1-15-20(21(25)16(2)27-15)23-22(19-5-3-4-10-26-19)28-24(32)30(23)18-8-6-17(7-9-18)29-11-13-31-14-12-29/h3-10,22-23,27H,11-14H2,1-2H3,(H,28,32)/t22-,23-/m1/s1. The van der Waals surface area contributed by atoms with E-state index < -0.39 is 0 Å². The number of hydrogen-bond donors (Lipinski definition) is 2. The number of H-pyrrole nitrogens is 1.